The largest absolute Gasteiger partial charge is 0.506 e. The van der Waals surface area contributed by atoms with Crippen molar-refractivity contribution in [1.29, 1.82) is 0 Å². The van der Waals surface area contributed by atoms with Gasteiger partial charge in [-0.2, -0.15) is 0 Å². The Bertz CT molecular complexity index is 1950. The Morgan fingerprint density at radius 2 is 1.87 bits per heavy atom. The Kier molecular flexibility index (Phi) is 7.91. The number of phenols is 1. The lowest BCUT2D eigenvalue weighted by molar-refractivity contribution is 0.125. The van der Waals surface area contributed by atoms with Gasteiger partial charge in [0.1, 0.15) is 22.4 Å². The summed E-state index contributed by atoms with van der Waals surface area (Å²) in [5, 5.41) is 19.8. The molecule has 0 aliphatic carbocycles. The van der Waals surface area contributed by atoms with Gasteiger partial charge in [0.05, 0.1) is 27.3 Å². The maximum absolute atomic E-state index is 14.1. The summed E-state index contributed by atoms with van der Waals surface area (Å²) < 4.78 is 15.4. The number of nitrogens with zero attached hydrogens (tertiary/aromatic N) is 4. The van der Waals surface area contributed by atoms with E-state index in [-0.39, 0.29) is 22.4 Å². The van der Waals surface area contributed by atoms with Gasteiger partial charge in [0, 0.05) is 35.5 Å². The lowest BCUT2D eigenvalue weighted by atomic mass is 9.72. The average molecular weight is 677 g/mol. The number of anilines is 4. The molecule has 238 valence electrons. The molecule has 46 heavy (non-hydrogen) atoms. The van der Waals surface area contributed by atoms with Gasteiger partial charge < -0.3 is 20.2 Å². The van der Waals surface area contributed by atoms with E-state index >= 15 is 0 Å². The molecule has 0 saturated carbocycles. The van der Waals surface area contributed by atoms with Crippen LogP contribution in [0.4, 0.5) is 32.1 Å². The van der Waals surface area contributed by atoms with Gasteiger partial charge in [0.15, 0.2) is 4.47 Å². The van der Waals surface area contributed by atoms with Crippen LogP contribution >= 0.6 is 34.3 Å². The standard InChI is InChI=1S/C34H34ClFN6O2S2/c1-33(2,3)18-41-14-12-34(13-15-41)19-42(24-7-5-4-6-22(24)38-32(44)40-27-17-45-31(35)39-27)29-25(43)10-9-21(28(29)34)30-37-23-16-20(36)8-11-26(23)46-30/h4-11,16-17,43H,12-15,18-19H2,1-3H3,(H2,38,40,44). The quantitative estimate of drug-likeness (QED) is 0.172. The average Bonchev–Trinajstić information content (AvgIpc) is 3.70. The van der Waals surface area contributed by atoms with E-state index < -0.39 is 6.03 Å². The first-order chi connectivity index (χ1) is 22.0. The Hall–Kier alpha value is -3.77. The Morgan fingerprint density at radius 3 is 2.61 bits per heavy atom. The van der Waals surface area contributed by atoms with Crippen molar-refractivity contribution in [3.05, 3.63) is 75.8 Å². The SMILES string of the molecule is CC(C)(C)CN1CCC2(CC1)CN(c1ccccc1NC(=O)Nc1csc(Cl)n1)c1c(O)ccc(-c3nc4cc(F)ccc4s3)c12. The first-order valence-electron chi connectivity index (χ1n) is 15.2. The lowest BCUT2D eigenvalue weighted by Gasteiger charge is -2.42. The number of aromatic nitrogens is 2. The summed E-state index contributed by atoms with van der Waals surface area (Å²) in [6, 6.07) is 15.5. The first kappa shape index (κ1) is 30.9. The molecule has 1 spiro atoms. The van der Waals surface area contributed by atoms with Crippen molar-refractivity contribution in [2.75, 3.05) is 41.7 Å². The molecule has 2 aliphatic rings. The molecule has 8 nitrogen and oxygen atoms in total. The zero-order chi connectivity index (χ0) is 32.2. The highest BCUT2D eigenvalue weighted by Gasteiger charge is 2.48. The number of fused-ring (bicyclic) bond motifs is 3. The van der Waals surface area contributed by atoms with E-state index in [4.69, 9.17) is 16.6 Å². The number of likely N-dealkylation sites (tertiary alicyclic amines) is 1. The lowest BCUT2D eigenvalue weighted by Crippen LogP contribution is -2.47. The molecule has 7 rings (SSSR count). The minimum Gasteiger partial charge on any atom is -0.506 e. The summed E-state index contributed by atoms with van der Waals surface area (Å²) in [4.78, 5) is 26.7. The third kappa shape index (κ3) is 5.92. The van der Waals surface area contributed by atoms with E-state index in [0.717, 1.165) is 59.0 Å². The molecule has 5 aromatic rings. The molecule has 1 saturated heterocycles. The second-order valence-electron chi connectivity index (χ2n) is 13.3. The van der Waals surface area contributed by atoms with Crippen molar-refractivity contribution in [3.63, 3.8) is 0 Å². The van der Waals surface area contributed by atoms with E-state index in [1.165, 1.54) is 34.8 Å². The van der Waals surface area contributed by atoms with E-state index in [1.54, 1.807) is 17.5 Å². The molecule has 0 bridgehead atoms. The van der Waals surface area contributed by atoms with Crippen LogP contribution in [0.25, 0.3) is 20.8 Å². The third-order valence-electron chi connectivity index (χ3n) is 8.67. The fraction of sp³-hybridized carbons (Fsp3) is 0.324. The van der Waals surface area contributed by atoms with E-state index in [1.807, 2.05) is 30.3 Å². The second-order valence-corrected chi connectivity index (χ2v) is 15.7. The minimum absolute atomic E-state index is 0.163. The van der Waals surface area contributed by atoms with Crippen LogP contribution < -0.4 is 15.5 Å². The number of carbonyl (C=O) groups is 1. The molecular formula is C34H34ClFN6O2S2. The number of para-hydroxylation sites is 2. The molecule has 2 aliphatic heterocycles. The topological polar surface area (TPSA) is 93.6 Å². The van der Waals surface area contributed by atoms with E-state index in [0.29, 0.717) is 33.7 Å². The minimum atomic E-state index is -0.446. The summed E-state index contributed by atoms with van der Waals surface area (Å²) in [5.74, 6) is 0.215. The normalized spacial score (nSPS) is 16.2. The number of thiazole rings is 2. The molecule has 0 radical (unpaired) electrons. The van der Waals surface area contributed by atoms with Gasteiger partial charge >= 0.3 is 6.03 Å². The van der Waals surface area contributed by atoms with E-state index in [2.05, 4.69) is 46.2 Å². The van der Waals surface area contributed by atoms with Crippen LogP contribution in [0.15, 0.2) is 60.0 Å². The maximum Gasteiger partial charge on any atom is 0.324 e. The number of carbonyl (C=O) groups excluding carboxylic acids is 1. The van der Waals surface area contributed by atoms with Gasteiger partial charge in [-0.25, -0.2) is 19.2 Å². The smallest absolute Gasteiger partial charge is 0.324 e. The fourth-order valence-corrected chi connectivity index (χ4v) is 8.54. The monoisotopic (exact) mass is 676 g/mol. The molecule has 0 unspecified atom stereocenters. The number of halogens is 2. The number of benzene rings is 3. The summed E-state index contributed by atoms with van der Waals surface area (Å²) in [5.41, 5.74) is 4.59. The summed E-state index contributed by atoms with van der Waals surface area (Å²) in [6.07, 6.45) is 1.78. The number of piperidine rings is 1. The predicted octanol–water partition coefficient (Wildman–Crippen LogP) is 9.09. The van der Waals surface area contributed by atoms with Crippen molar-refractivity contribution >= 4 is 73.4 Å². The van der Waals surface area contributed by atoms with Gasteiger partial charge in [-0.1, -0.05) is 44.5 Å². The number of hydrogen-bond donors (Lipinski definition) is 3. The second kappa shape index (κ2) is 11.8. The van der Waals surface area contributed by atoms with Crippen molar-refractivity contribution in [2.45, 2.75) is 39.0 Å². The maximum atomic E-state index is 14.1. The number of amides is 2. The summed E-state index contributed by atoms with van der Waals surface area (Å²) in [6.45, 7) is 10.3. The zero-order valence-corrected chi connectivity index (χ0v) is 28.1. The number of aromatic hydroxyl groups is 1. The highest BCUT2D eigenvalue weighted by Crippen LogP contribution is 2.57. The number of nitrogens with one attached hydrogen (secondary N) is 2. The van der Waals surface area contributed by atoms with Gasteiger partial charge in [-0.05, 0) is 73.3 Å². The zero-order valence-electron chi connectivity index (χ0n) is 25.7. The molecule has 2 aromatic heterocycles. The van der Waals surface area contributed by atoms with Gasteiger partial charge in [-0.15, -0.1) is 22.7 Å². The molecule has 2 amide bonds. The first-order valence-corrected chi connectivity index (χ1v) is 17.3. The van der Waals surface area contributed by atoms with Crippen LogP contribution in [0.5, 0.6) is 5.75 Å². The Morgan fingerprint density at radius 1 is 1.09 bits per heavy atom. The summed E-state index contributed by atoms with van der Waals surface area (Å²) in [7, 11) is 0. The highest BCUT2D eigenvalue weighted by atomic mass is 35.5. The van der Waals surface area contributed by atoms with Crippen LogP contribution in [0.2, 0.25) is 4.47 Å². The number of phenolic OH excluding ortho intramolecular Hbond substituents is 1. The summed E-state index contributed by atoms with van der Waals surface area (Å²) >= 11 is 8.72. The molecule has 3 N–H and O–H groups in total. The number of hydrogen-bond acceptors (Lipinski definition) is 8. The van der Waals surface area contributed by atoms with Gasteiger partial charge in [-0.3, -0.25) is 5.32 Å². The van der Waals surface area contributed by atoms with Crippen molar-refractivity contribution in [2.24, 2.45) is 5.41 Å². The van der Waals surface area contributed by atoms with Crippen molar-refractivity contribution in [3.8, 4) is 16.3 Å². The molecule has 1 fully saturated rings. The molecule has 4 heterocycles. The van der Waals surface area contributed by atoms with Gasteiger partial charge in [0.2, 0.25) is 0 Å². The Labute approximate surface area is 279 Å². The number of rotatable bonds is 5. The van der Waals surface area contributed by atoms with Crippen LogP contribution in [0.3, 0.4) is 0 Å². The number of urea groups is 1. The molecule has 0 atom stereocenters. The molecule has 3 aromatic carbocycles. The Balaban J connectivity index is 1.31. The predicted molar refractivity (Wildman–Crippen MR) is 187 cm³/mol. The molecular weight excluding hydrogens is 643 g/mol. The fourth-order valence-electron chi connectivity index (χ4n) is 6.86. The van der Waals surface area contributed by atoms with Crippen LogP contribution in [-0.4, -0.2) is 52.2 Å². The highest BCUT2D eigenvalue weighted by molar-refractivity contribution is 7.21. The van der Waals surface area contributed by atoms with Crippen molar-refractivity contribution < 1.29 is 14.3 Å². The van der Waals surface area contributed by atoms with E-state index in [9.17, 15) is 14.3 Å². The molecule has 12 heteroatoms. The third-order valence-corrected chi connectivity index (χ3v) is 10.7. The van der Waals surface area contributed by atoms with Crippen LogP contribution in [-0.2, 0) is 5.41 Å². The van der Waals surface area contributed by atoms with Crippen molar-refractivity contribution in [1.82, 2.24) is 14.9 Å². The van der Waals surface area contributed by atoms with Gasteiger partial charge in [0.25, 0.3) is 0 Å². The van der Waals surface area contributed by atoms with Crippen LogP contribution in [0, 0.1) is 11.2 Å². The van der Waals surface area contributed by atoms with Crippen LogP contribution in [0.1, 0.15) is 39.2 Å².